The first-order valence-electron chi connectivity index (χ1n) is 6.31. The van der Waals surface area contributed by atoms with Gasteiger partial charge in [-0.15, -0.1) is 0 Å². The highest BCUT2D eigenvalue weighted by molar-refractivity contribution is 9.10. The highest BCUT2D eigenvalue weighted by Crippen LogP contribution is 2.30. The average Bonchev–Trinajstić information content (AvgIpc) is 2.09. The Balaban J connectivity index is 3.06. The van der Waals surface area contributed by atoms with Gasteiger partial charge in [0.2, 0.25) is 10.0 Å². The van der Waals surface area contributed by atoms with Gasteiger partial charge in [0, 0.05) is 10.0 Å². The van der Waals surface area contributed by atoms with Crippen LogP contribution in [-0.4, -0.2) is 14.0 Å². The maximum atomic E-state index is 12.5. The van der Waals surface area contributed by atoms with Crippen LogP contribution in [0.1, 0.15) is 41.0 Å². The van der Waals surface area contributed by atoms with E-state index in [1.807, 2.05) is 13.8 Å². The number of hydrogen-bond acceptors (Lipinski definition) is 2. The number of halogens is 2. The van der Waals surface area contributed by atoms with Gasteiger partial charge in [0.25, 0.3) is 0 Å². The smallest absolute Gasteiger partial charge is 0.207 e. The van der Waals surface area contributed by atoms with E-state index < -0.39 is 15.6 Å². The van der Waals surface area contributed by atoms with Crippen LogP contribution in [0, 0.1) is 5.41 Å². The molecule has 0 spiro atoms. The van der Waals surface area contributed by atoms with Gasteiger partial charge in [0.1, 0.15) is 4.90 Å². The SMILES string of the molecule is CC(C)(C)CC(C)(C)NS(=O)(=O)c1ccc(Br)cc1Cl. The van der Waals surface area contributed by atoms with E-state index in [2.05, 4.69) is 41.4 Å². The van der Waals surface area contributed by atoms with E-state index in [4.69, 9.17) is 11.6 Å². The van der Waals surface area contributed by atoms with E-state index in [9.17, 15) is 8.42 Å². The minimum absolute atomic E-state index is 0.0233. The van der Waals surface area contributed by atoms with Crippen LogP contribution in [0.25, 0.3) is 0 Å². The zero-order valence-corrected chi connectivity index (χ0v) is 15.6. The van der Waals surface area contributed by atoms with E-state index in [1.165, 1.54) is 6.07 Å². The van der Waals surface area contributed by atoms with Crippen LogP contribution in [0.4, 0.5) is 0 Å². The molecule has 0 heterocycles. The molecule has 0 fully saturated rings. The number of rotatable bonds is 4. The third-order valence-electron chi connectivity index (χ3n) is 2.57. The number of sulfonamides is 1. The summed E-state index contributed by atoms with van der Waals surface area (Å²) in [6.45, 7) is 9.99. The Morgan fingerprint density at radius 2 is 1.75 bits per heavy atom. The molecule has 0 atom stereocenters. The average molecular weight is 383 g/mol. The lowest BCUT2D eigenvalue weighted by molar-refractivity contribution is 0.269. The van der Waals surface area contributed by atoms with Crippen LogP contribution in [-0.2, 0) is 10.0 Å². The minimum atomic E-state index is -3.64. The molecule has 0 amide bonds. The highest BCUT2D eigenvalue weighted by atomic mass is 79.9. The first-order chi connectivity index (χ1) is 8.82. The molecule has 114 valence electrons. The lowest BCUT2D eigenvalue weighted by atomic mass is 9.82. The molecule has 1 rings (SSSR count). The van der Waals surface area contributed by atoms with Crippen molar-refractivity contribution in [2.75, 3.05) is 0 Å². The predicted octanol–water partition coefficient (Wildman–Crippen LogP) is 4.60. The molecule has 0 bridgehead atoms. The van der Waals surface area contributed by atoms with Crippen molar-refractivity contribution >= 4 is 37.6 Å². The molecule has 0 aliphatic carbocycles. The van der Waals surface area contributed by atoms with Crippen molar-refractivity contribution in [3.63, 3.8) is 0 Å². The van der Waals surface area contributed by atoms with Gasteiger partial charge < -0.3 is 0 Å². The summed E-state index contributed by atoms with van der Waals surface area (Å²) in [6, 6.07) is 4.74. The Morgan fingerprint density at radius 3 is 2.20 bits per heavy atom. The molecule has 1 aromatic carbocycles. The summed E-state index contributed by atoms with van der Waals surface area (Å²) in [5, 5.41) is 0.207. The molecule has 3 nitrogen and oxygen atoms in total. The second-order valence-corrected chi connectivity index (χ2v) is 9.78. The molecule has 20 heavy (non-hydrogen) atoms. The largest absolute Gasteiger partial charge is 0.242 e. The summed E-state index contributed by atoms with van der Waals surface area (Å²) in [7, 11) is -3.64. The number of nitrogens with one attached hydrogen (secondary N) is 1. The lowest BCUT2D eigenvalue weighted by Gasteiger charge is -2.33. The Bertz CT molecular complexity index is 592. The summed E-state index contributed by atoms with van der Waals surface area (Å²) in [6.07, 6.45) is 0.716. The molecule has 1 aromatic rings. The van der Waals surface area contributed by atoms with Crippen LogP contribution in [0.15, 0.2) is 27.6 Å². The van der Waals surface area contributed by atoms with Crippen molar-refractivity contribution in [3.05, 3.63) is 27.7 Å². The summed E-state index contributed by atoms with van der Waals surface area (Å²) < 4.78 is 28.4. The molecular formula is C14H21BrClNO2S. The van der Waals surface area contributed by atoms with Gasteiger partial charge in [-0.25, -0.2) is 13.1 Å². The fraction of sp³-hybridized carbons (Fsp3) is 0.571. The molecule has 1 N–H and O–H groups in total. The maximum Gasteiger partial charge on any atom is 0.242 e. The van der Waals surface area contributed by atoms with Crippen LogP contribution < -0.4 is 4.72 Å². The zero-order chi connectivity index (χ0) is 15.8. The highest BCUT2D eigenvalue weighted by Gasteiger charge is 2.31. The lowest BCUT2D eigenvalue weighted by Crippen LogP contribution is -2.45. The summed E-state index contributed by atoms with van der Waals surface area (Å²) >= 11 is 9.29. The zero-order valence-electron chi connectivity index (χ0n) is 12.4. The van der Waals surface area contributed by atoms with Crippen LogP contribution in [0.3, 0.4) is 0 Å². The number of hydrogen-bond donors (Lipinski definition) is 1. The van der Waals surface area contributed by atoms with E-state index in [0.29, 0.717) is 6.42 Å². The first kappa shape index (κ1) is 18.0. The minimum Gasteiger partial charge on any atom is -0.207 e. The Labute approximate surface area is 135 Å². The standard InChI is InChI=1S/C14H21BrClNO2S/c1-13(2,3)9-14(4,5)17-20(18,19)12-7-6-10(15)8-11(12)16/h6-8,17H,9H2,1-5H3. The Hall–Kier alpha value is -0.100. The fourth-order valence-electron chi connectivity index (χ4n) is 2.47. The topological polar surface area (TPSA) is 46.2 Å². The van der Waals surface area contributed by atoms with E-state index >= 15 is 0 Å². The molecule has 0 aliphatic rings. The monoisotopic (exact) mass is 381 g/mol. The van der Waals surface area contributed by atoms with Gasteiger partial charge in [-0.1, -0.05) is 48.3 Å². The van der Waals surface area contributed by atoms with Crippen molar-refractivity contribution < 1.29 is 8.42 Å². The maximum absolute atomic E-state index is 12.5. The Morgan fingerprint density at radius 1 is 1.20 bits per heavy atom. The van der Waals surface area contributed by atoms with Crippen LogP contribution in [0.2, 0.25) is 5.02 Å². The van der Waals surface area contributed by atoms with Crippen molar-refractivity contribution in [1.82, 2.24) is 4.72 Å². The molecule has 6 heteroatoms. The van der Waals surface area contributed by atoms with Gasteiger partial charge in [-0.05, 0) is 43.9 Å². The third kappa shape index (κ3) is 5.35. The molecule has 0 radical (unpaired) electrons. The predicted molar refractivity (Wildman–Crippen MR) is 87.6 cm³/mol. The van der Waals surface area contributed by atoms with E-state index in [-0.39, 0.29) is 15.3 Å². The second kappa shape index (κ2) is 5.95. The third-order valence-corrected chi connectivity index (χ3v) is 5.24. The van der Waals surface area contributed by atoms with Gasteiger partial charge in [0.05, 0.1) is 5.02 Å². The van der Waals surface area contributed by atoms with E-state index in [1.54, 1.807) is 12.1 Å². The Kier molecular flexibility index (Phi) is 5.34. The summed E-state index contributed by atoms with van der Waals surface area (Å²) in [4.78, 5) is 0.101. The van der Waals surface area contributed by atoms with Gasteiger partial charge in [-0.3, -0.25) is 0 Å². The van der Waals surface area contributed by atoms with E-state index in [0.717, 1.165) is 4.47 Å². The molecule has 0 aromatic heterocycles. The molecule has 0 saturated heterocycles. The summed E-state index contributed by atoms with van der Waals surface area (Å²) in [5.41, 5.74) is -0.525. The number of benzene rings is 1. The second-order valence-electron chi connectivity index (χ2n) is 6.80. The van der Waals surface area contributed by atoms with Gasteiger partial charge >= 0.3 is 0 Å². The van der Waals surface area contributed by atoms with Gasteiger partial charge in [0.15, 0.2) is 0 Å². The van der Waals surface area contributed by atoms with Crippen molar-refractivity contribution in [3.8, 4) is 0 Å². The van der Waals surface area contributed by atoms with Crippen molar-refractivity contribution in [2.24, 2.45) is 5.41 Å². The van der Waals surface area contributed by atoms with Crippen molar-refractivity contribution in [2.45, 2.75) is 51.5 Å². The molecule has 0 unspecified atom stereocenters. The van der Waals surface area contributed by atoms with Crippen LogP contribution in [0.5, 0.6) is 0 Å². The van der Waals surface area contributed by atoms with Gasteiger partial charge in [-0.2, -0.15) is 0 Å². The summed E-state index contributed by atoms with van der Waals surface area (Å²) in [5.74, 6) is 0. The van der Waals surface area contributed by atoms with Crippen molar-refractivity contribution in [1.29, 1.82) is 0 Å². The quantitative estimate of drug-likeness (QED) is 0.827. The molecule has 0 saturated carbocycles. The normalized spacial score (nSPS) is 13.6. The first-order valence-corrected chi connectivity index (χ1v) is 8.97. The molecule has 0 aliphatic heterocycles. The fourth-order valence-corrected chi connectivity index (χ4v) is 4.92. The van der Waals surface area contributed by atoms with Crippen LogP contribution >= 0.6 is 27.5 Å². The molecular weight excluding hydrogens is 362 g/mol.